The van der Waals surface area contributed by atoms with Gasteiger partial charge >= 0.3 is 0 Å². The first kappa shape index (κ1) is 13.6. The van der Waals surface area contributed by atoms with Crippen molar-refractivity contribution in [3.05, 3.63) is 16.1 Å². The summed E-state index contributed by atoms with van der Waals surface area (Å²) in [4.78, 5) is 4.63. The zero-order valence-electron chi connectivity index (χ0n) is 10.5. The van der Waals surface area contributed by atoms with Crippen molar-refractivity contribution in [2.75, 3.05) is 6.54 Å². The summed E-state index contributed by atoms with van der Waals surface area (Å²) in [6.45, 7) is 8.79. The molecule has 1 aromatic rings. The van der Waals surface area contributed by atoms with Crippen molar-refractivity contribution in [3.63, 3.8) is 0 Å². The standard InChI is InChI=1S/C12H22N2OS/c1-8(15)5-9(6-13)10-7-16-11(14-10)12(2,3)4/h7-9,15H,5-6,13H2,1-4H3. The van der Waals surface area contributed by atoms with E-state index in [0.29, 0.717) is 13.0 Å². The fourth-order valence-corrected chi connectivity index (χ4v) is 2.56. The molecule has 0 bridgehead atoms. The summed E-state index contributed by atoms with van der Waals surface area (Å²) in [5.74, 6) is 0.173. The van der Waals surface area contributed by atoms with Crippen LogP contribution in [0, 0.1) is 0 Å². The number of nitrogens with two attached hydrogens (primary N) is 1. The molecule has 0 aromatic carbocycles. The summed E-state index contributed by atoms with van der Waals surface area (Å²) in [5, 5.41) is 12.6. The summed E-state index contributed by atoms with van der Waals surface area (Å²) >= 11 is 1.68. The van der Waals surface area contributed by atoms with Gasteiger partial charge in [0.25, 0.3) is 0 Å². The molecule has 0 saturated heterocycles. The number of nitrogens with zero attached hydrogens (tertiary/aromatic N) is 1. The van der Waals surface area contributed by atoms with E-state index >= 15 is 0 Å². The van der Waals surface area contributed by atoms with E-state index in [4.69, 9.17) is 5.73 Å². The average molecular weight is 242 g/mol. The van der Waals surface area contributed by atoms with Crippen LogP contribution in [-0.4, -0.2) is 22.7 Å². The van der Waals surface area contributed by atoms with Gasteiger partial charge in [0.1, 0.15) is 0 Å². The van der Waals surface area contributed by atoms with Crippen LogP contribution in [-0.2, 0) is 5.41 Å². The van der Waals surface area contributed by atoms with E-state index in [-0.39, 0.29) is 17.4 Å². The molecule has 0 amide bonds. The van der Waals surface area contributed by atoms with Gasteiger partial charge in [-0.15, -0.1) is 11.3 Å². The fourth-order valence-electron chi connectivity index (χ4n) is 1.57. The van der Waals surface area contributed by atoms with Crippen molar-refractivity contribution in [1.82, 2.24) is 4.98 Å². The number of rotatable bonds is 4. The van der Waals surface area contributed by atoms with Crippen LogP contribution >= 0.6 is 11.3 Å². The molecule has 3 nitrogen and oxygen atoms in total. The molecule has 2 atom stereocenters. The van der Waals surface area contributed by atoms with Gasteiger partial charge < -0.3 is 10.8 Å². The van der Waals surface area contributed by atoms with Crippen molar-refractivity contribution in [3.8, 4) is 0 Å². The summed E-state index contributed by atoms with van der Waals surface area (Å²) in [7, 11) is 0. The van der Waals surface area contributed by atoms with Crippen molar-refractivity contribution in [1.29, 1.82) is 0 Å². The largest absolute Gasteiger partial charge is 0.393 e. The lowest BCUT2D eigenvalue weighted by Crippen LogP contribution is -2.18. The second-order valence-electron chi connectivity index (χ2n) is 5.34. The van der Waals surface area contributed by atoms with E-state index in [1.807, 2.05) is 0 Å². The number of aromatic nitrogens is 1. The Morgan fingerprint density at radius 2 is 2.12 bits per heavy atom. The first-order chi connectivity index (χ1) is 7.34. The third-order valence-electron chi connectivity index (χ3n) is 2.49. The van der Waals surface area contributed by atoms with Gasteiger partial charge in [-0.2, -0.15) is 0 Å². The first-order valence-corrected chi connectivity index (χ1v) is 6.56. The molecule has 0 aliphatic carbocycles. The summed E-state index contributed by atoms with van der Waals surface area (Å²) in [5.41, 5.74) is 6.84. The lowest BCUT2D eigenvalue weighted by Gasteiger charge is -2.16. The van der Waals surface area contributed by atoms with E-state index in [1.165, 1.54) is 0 Å². The molecule has 0 fully saturated rings. The Labute approximate surface area is 102 Å². The molecule has 1 rings (SSSR count). The minimum Gasteiger partial charge on any atom is -0.393 e. The molecule has 1 aromatic heterocycles. The van der Waals surface area contributed by atoms with Crippen LogP contribution in [0.1, 0.15) is 50.7 Å². The Hall–Kier alpha value is -0.450. The molecule has 0 radical (unpaired) electrons. The van der Waals surface area contributed by atoms with Gasteiger partial charge in [-0.05, 0) is 13.3 Å². The van der Waals surface area contributed by atoms with Crippen molar-refractivity contribution in [2.24, 2.45) is 5.73 Å². The molecule has 0 aliphatic heterocycles. The van der Waals surface area contributed by atoms with E-state index in [2.05, 4.69) is 31.1 Å². The fraction of sp³-hybridized carbons (Fsp3) is 0.750. The minimum absolute atomic E-state index is 0.0902. The van der Waals surface area contributed by atoms with Gasteiger partial charge in [-0.25, -0.2) is 4.98 Å². The Morgan fingerprint density at radius 1 is 1.50 bits per heavy atom. The molecular weight excluding hydrogens is 220 g/mol. The molecule has 92 valence electrons. The van der Waals surface area contributed by atoms with Crippen LogP contribution in [0.2, 0.25) is 0 Å². The van der Waals surface area contributed by atoms with Crippen LogP contribution in [0.3, 0.4) is 0 Å². The number of thiazole rings is 1. The smallest absolute Gasteiger partial charge is 0.0982 e. The quantitative estimate of drug-likeness (QED) is 0.851. The number of hydrogen-bond donors (Lipinski definition) is 2. The van der Waals surface area contributed by atoms with Crippen LogP contribution < -0.4 is 5.73 Å². The molecule has 1 heterocycles. The average Bonchev–Trinajstić information content (AvgIpc) is 2.61. The van der Waals surface area contributed by atoms with E-state index < -0.39 is 0 Å². The predicted molar refractivity (Wildman–Crippen MR) is 68.9 cm³/mol. The molecule has 3 N–H and O–H groups in total. The molecule has 0 aliphatic rings. The third kappa shape index (κ3) is 3.54. The van der Waals surface area contributed by atoms with Gasteiger partial charge in [0.15, 0.2) is 0 Å². The lowest BCUT2D eigenvalue weighted by molar-refractivity contribution is 0.174. The van der Waals surface area contributed by atoms with E-state index in [1.54, 1.807) is 18.3 Å². The Morgan fingerprint density at radius 3 is 2.50 bits per heavy atom. The van der Waals surface area contributed by atoms with Crippen molar-refractivity contribution >= 4 is 11.3 Å². The summed E-state index contributed by atoms with van der Waals surface area (Å²) in [6, 6.07) is 0. The lowest BCUT2D eigenvalue weighted by atomic mass is 9.97. The first-order valence-electron chi connectivity index (χ1n) is 5.68. The number of aliphatic hydroxyl groups is 1. The highest BCUT2D eigenvalue weighted by atomic mass is 32.1. The SMILES string of the molecule is CC(O)CC(CN)c1csc(C(C)(C)C)n1. The third-order valence-corrected chi connectivity index (χ3v) is 3.78. The summed E-state index contributed by atoms with van der Waals surface area (Å²) < 4.78 is 0. The molecule has 2 unspecified atom stereocenters. The molecule has 0 saturated carbocycles. The van der Waals surface area contributed by atoms with Crippen LogP contribution in [0.4, 0.5) is 0 Å². The molecule has 16 heavy (non-hydrogen) atoms. The zero-order valence-corrected chi connectivity index (χ0v) is 11.3. The maximum atomic E-state index is 9.40. The molecule has 0 spiro atoms. The highest BCUT2D eigenvalue weighted by Crippen LogP contribution is 2.29. The molecule has 4 heteroatoms. The topological polar surface area (TPSA) is 59.1 Å². The number of hydrogen-bond acceptors (Lipinski definition) is 4. The normalized spacial score (nSPS) is 16.1. The van der Waals surface area contributed by atoms with Gasteiger partial charge in [0.2, 0.25) is 0 Å². The van der Waals surface area contributed by atoms with Crippen LogP contribution in [0.25, 0.3) is 0 Å². The maximum Gasteiger partial charge on any atom is 0.0982 e. The Balaban J connectivity index is 2.83. The van der Waals surface area contributed by atoms with E-state index in [0.717, 1.165) is 10.7 Å². The summed E-state index contributed by atoms with van der Waals surface area (Å²) in [6.07, 6.45) is 0.359. The minimum atomic E-state index is -0.326. The maximum absolute atomic E-state index is 9.40. The van der Waals surface area contributed by atoms with Gasteiger partial charge in [-0.3, -0.25) is 0 Å². The van der Waals surface area contributed by atoms with Gasteiger partial charge in [0, 0.05) is 23.3 Å². The van der Waals surface area contributed by atoms with Gasteiger partial charge in [0.05, 0.1) is 16.8 Å². The predicted octanol–water partition coefficient (Wildman–Crippen LogP) is 2.25. The zero-order chi connectivity index (χ0) is 12.3. The highest BCUT2D eigenvalue weighted by molar-refractivity contribution is 7.09. The highest BCUT2D eigenvalue weighted by Gasteiger charge is 2.21. The van der Waals surface area contributed by atoms with Crippen molar-refractivity contribution in [2.45, 2.75) is 51.6 Å². The van der Waals surface area contributed by atoms with Crippen LogP contribution in [0.15, 0.2) is 5.38 Å². The van der Waals surface area contributed by atoms with Crippen LogP contribution in [0.5, 0.6) is 0 Å². The second kappa shape index (κ2) is 5.25. The Kier molecular flexibility index (Phi) is 4.47. The second-order valence-corrected chi connectivity index (χ2v) is 6.20. The van der Waals surface area contributed by atoms with Crippen molar-refractivity contribution < 1.29 is 5.11 Å². The van der Waals surface area contributed by atoms with E-state index in [9.17, 15) is 5.11 Å². The van der Waals surface area contributed by atoms with Gasteiger partial charge in [-0.1, -0.05) is 20.8 Å². The molecular formula is C12H22N2OS. The number of aliphatic hydroxyl groups excluding tert-OH is 1. The monoisotopic (exact) mass is 242 g/mol. The Bertz CT molecular complexity index is 328.